The van der Waals surface area contributed by atoms with Crippen LogP contribution in [0.2, 0.25) is 0 Å². The van der Waals surface area contributed by atoms with E-state index in [2.05, 4.69) is 15.3 Å². The van der Waals surface area contributed by atoms with Crippen molar-refractivity contribution in [2.45, 2.75) is 6.92 Å². The molecule has 0 radical (unpaired) electrons. The average Bonchev–Trinajstić information content (AvgIpc) is 3.15. The molecular formula is C16H12N4O4S. The highest BCUT2D eigenvalue weighted by Gasteiger charge is 2.19. The Morgan fingerprint density at radius 3 is 2.88 bits per heavy atom. The molecule has 0 fully saturated rings. The fraction of sp³-hybridized carbons (Fsp3) is 0.125. The minimum Gasteiger partial charge on any atom is -0.496 e. The van der Waals surface area contributed by atoms with Gasteiger partial charge in [0.1, 0.15) is 11.3 Å². The Labute approximate surface area is 145 Å². The third-order valence-corrected chi connectivity index (χ3v) is 4.56. The number of aromatic nitrogens is 2. The van der Waals surface area contributed by atoms with E-state index in [0.717, 1.165) is 11.1 Å². The number of ether oxygens (including phenoxy) is 1. The monoisotopic (exact) mass is 356 g/mol. The number of hydrogen-bond acceptors (Lipinski definition) is 8. The van der Waals surface area contributed by atoms with Crippen molar-refractivity contribution in [1.82, 2.24) is 9.97 Å². The zero-order valence-corrected chi connectivity index (χ0v) is 14.1. The lowest BCUT2D eigenvalue weighted by Gasteiger charge is -1.99. The van der Waals surface area contributed by atoms with Crippen molar-refractivity contribution < 1.29 is 14.1 Å². The van der Waals surface area contributed by atoms with Gasteiger partial charge >= 0.3 is 6.01 Å². The van der Waals surface area contributed by atoms with Crippen molar-refractivity contribution in [2.75, 3.05) is 12.4 Å². The van der Waals surface area contributed by atoms with E-state index < -0.39 is 4.92 Å². The summed E-state index contributed by atoms with van der Waals surface area (Å²) in [6, 6.07) is 9.06. The number of nitrogens with zero attached hydrogens (tertiary/aromatic N) is 3. The topological polar surface area (TPSA) is 103 Å². The second-order valence-electron chi connectivity index (χ2n) is 5.38. The van der Waals surface area contributed by atoms with Crippen molar-refractivity contribution >= 4 is 49.5 Å². The Morgan fingerprint density at radius 1 is 1.28 bits per heavy atom. The normalized spacial score (nSPS) is 11.1. The Kier molecular flexibility index (Phi) is 3.50. The van der Waals surface area contributed by atoms with E-state index in [1.54, 1.807) is 6.07 Å². The third-order valence-electron chi connectivity index (χ3n) is 3.64. The molecule has 2 heterocycles. The zero-order valence-electron chi connectivity index (χ0n) is 13.3. The second-order valence-corrected chi connectivity index (χ2v) is 6.42. The van der Waals surface area contributed by atoms with Crippen molar-refractivity contribution in [3.05, 3.63) is 46.0 Å². The summed E-state index contributed by atoms with van der Waals surface area (Å²) in [5.41, 5.74) is 2.65. The number of nitrogens with one attached hydrogen (secondary N) is 1. The standard InChI is InChI=1S/C16H12N4O4S/c1-8-3-4-10-12(5-8)24-15(17-10)19-16-18-14-11(20(21)22)6-9(23-2)7-13(14)25-16/h3-7H,1-2H3,(H,17,18,19). The zero-order chi connectivity index (χ0) is 17.6. The summed E-state index contributed by atoms with van der Waals surface area (Å²) < 4.78 is 11.4. The average molecular weight is 356 g/mol. The Morgan fingerprint density at radius 2 is 2.12 bits per heavy atom. The molecule has 0 aliphatic rings. The molecule has 0 atom stereocenters. The highest BCUT2D eigenvalue weighted by atomic mass is 32.1. The molecule has 0 amide bonds. The Balaban J connectivity index is 1.75. The van der Waals surface area contributed by atoms with Crippen molar-refractivity contribution in [3.8, 4) is 5.75 Å². The smallest absolute Gasteiger partial charge is 0.302 e. The van der Waals surface area contributed by atoms with Gasteiger partial charge in [0, 0.05) is 6.07 Å². The molecule has 8 nitrogen and oxygen atoms in total. The second kappa shape index (κ2) is 5.71. The van der Waals surface area contributed by atoms with Crippen LogP contribution < -0.4 is 10.1 Å². The van der Waals surface area contributed by atoms with Crippen LogP contribution in [0.25, 0.3) is 21.3 Å². The highest BCUT2D eigenvalue weighted by Crippen LogP contribution is 2.37. The van der Waals surface area contributed by atoms with Gasteiger partial charge in [-0.15, -0.1) is 0 Å². The van der Waals surface area contributed by atoms with Crippen LogP contribution in [0.3, 0.4) is 0 Å². The maximum Gasteiger partial charge on any atom is 0.302 e. The van der Waals surface area contributed by atoms with Gasteiger partial charge in [-0.2, -0.15) is 4.98 Å². The van der Waals surface area contributed by atoms with Crippen LogP contribution in [0, 0.1) is 17.0 Å². The fourth-order valence-corrected chi connectivity index (χ4v) is 3.38. The molecular weight excluding hydrogens is 344 g/mol. The number of rotatable bonds is 4. The molecule has 0 aliphatic heterocycles. The first-order valence-electron chi connectivity index (χ1n) is 7.30. The largest absolute Gasteiger partial charge is 0.496 e. The summed E-state index contributed by atoms with van der Waals surface area (Å²) in [5, 5.41) is 14.7. The summed E-state index contributed by atoms with van der Waals surface area (Å²) in [6.45, 7) is 1.97. The molecule has 2 aromatic heterocycles. The van der Waals surface area contributed by atoms with Crippen molar-refractivity contribution in [2.24, 2.45) is 0 Å². The van der Waals surface area contributed by atoms with Gasteiger partial charge in [-0.3, -0.25) is 15.4 Å². The first-order chi connectivity index (χ1) is 12.0. The minimum absolute atomic E-state index is 0.105. The summed E-state index contributed by atoms with van der Waals surface area (Å²) in [5.74, 6) is 0.409. The lowest BCUT2D eigenvalue weighted by molar-refractivity contribution is -0.383. The quantitative estimate of drug-likeness (QED) is 0.427. The summed E-state index contributed by atoms with van der Waals surface area (Å²) in [4.78, 5) is 19.4. The van der Waals surface area contributed by atoms with E-state index in [1.165, 1.54) is 24.5 Å². The van der Waals surface area contributed by atoms with E-state index in [4.69, 9.17) is 9.15 Å². The van der Waals surface area contributed by atoms with Crippen LogP contribution in [0.1, 0.15) is 5.56 Å². The number of hydrogen-bond donors (Lipinski definition) is 1. The number of methoxy groups -OCH3 is 1. The maximum absolute atomic E-state index is 11.3. The molecule has 0 saturated heterocycles. The summed E-state index contributed by atoms with van der Waals surface area (Å²) in [6.07, 6.45) is 0. The molecule has 2 aromatic carbocycles. The van der Waals surface area contributed by atoms with Gasteiger partial charge in [-0.05, 0) is 24.6 Å². The van der Waals surface area contributed by atoms with Crippen molar-refractivity contribution in [1.29, 1.82) is 0 Å². The molecule has 0 unspecified atom stereocenters. The molecule has 4 rings (SSSR count). The van der Waals surface area contributed by atoms with Gasteiger partial charge in [0.25, 0.3) is 5.69 Å². The lowest BCUT2D eigenvalue weighted by Crippen LogP contribution is -1.92. The SMILES string of the molecule is COc1cc([N+](=O)[O-])c2nc(Nc3nc4ccc(C)cc4o3)sc2c1. The first kappa shape index (κ1) is 15.3. The number of thiazole rings is 1. The molecule has 126 valence electrons. The molecule has 0 bridgehead atoms. The molecule has 1 N–H and O–H groups in total. The van der Waals surface area contributed by atoms with E-state index in [9.17, 15) is 10.1 Å². The minimum atomic E-state index is -0.476. The maximum atomic E-state index is 11.3. The lowest BCUT2D eigenvalue weighted by atomic mass is 10.2. The van der Waals surface area contributed by atoms with E-state index in [-0.39, 0.29) is 11.7 Å². The fourth-order valence-electron chi connectivity index (χ4n) is 2.47. The van der Waals surface area contributed by atoms with Gasteiger partial charge < -0.3 is 9.15 Å². The number of non-ortho nitro benzene ring substituents is 1. The number of anilines is 2. The molecule has 0 aliphatic carbocycles. The van der Waals surface area contributed by atoms with Crippen LogP contribution in [-0.4, -0.2) is 22.0 Å². The van der Waals surface area contributed by atoms with Crippen molar-refractivity contribution in [3.63, 3.8) is 0 Å². The van der Waals surface area contributed by atoms with Gasteiger partial charge in [-0.1, -0.05) is 17.4 Å². The van der Waals surface area contributed by atoms with E-state index in [0.29, 0.717) is 26.7 Å². The molecule has 9 heteroatoms. The van der Waals surface area contributed by atoms with Crippen LogP contribution in [0.5, 0.6) is 5.75 Å². The first-order valence-corrected chi connectivity index (χ1v) is 8.12. The number of benzene rings is 2. The predicted molar refractivity (Wildman–Crippen MR) is 94.9 cm³/mol. The van der Waals surface area contributed by atoms with E-state index in [1.807, 2.05) is 25.1 Å². The van der Waals surface area contributed by atoms with E-state index >= 15 is 0 Å². The number of aryl methyl sites for hydroxylation is 1. The van der Waals surface area contributed by atoms with Crippen LogP contribution in [0.15, 0.2) is 34.7 Å². The molecule has 0 saturated carbocycles. The number of oxazole rings is 1. The molecule has 0 spiro atoms. The molecule has 25 heavy (non-hydrogen) atoms. The van der Waals surface area contributed by atoms with Crippen LogP contribution in [0.4, 0.5) is 16.8 Å². The predicted octanol–water partition coefficient (Wildman–Crippen LogP) is 4.41. The Bertz CT molecular complexity index is 1120. The van der Waals surface area contributed by atoms with Gasteiger partial charge in [-0.25, -0.2) is 4.98 Å². The van der Waals surface area contributed by atoms with Gasteiger partial charge in [0.05, 0.1) is 22.8 Å². The summed E-state index contributed by atoms with van der Waals surface area (Å²) in [7, 11) is 1.46. The number of fused-ring (bicyclic) bond motifs is 2. The van der Waals surface area contributed by atoms with Crippen LogP contribution >= 0.6 is 11.3 Å². The number of nitro benzene ring substituents is 1. The van der Waals surface area contributed by atoms with Crippen LogP contribution in [-0.2, 0) is 0 Å². The number of nitro groups is 1. The molecule has 4 aromatic rings. The summed E-state index contributed by atoms with van der Waals surface area (Å²) >= 11 is 1.26. The van der Waals surface area contributed by atoms with Gasteiger partial charge in [0.2, 0.25) is 0 Å². The highest BCUT2D eigenvalue weighted by molar-refractivity contribution is 7.22. The van der Waals surface area contributed by atoms with Gasteiger partial charge in [0.15, 0.2) is 16.2 Å². The third kappa shape index (κ3) is 2.74. The Hall–Kier alpha value is -3.20.